The van der Waals surface area contributed by atoms with Crippen molar-refractivity contribution in [2.45, 2.75) is 44.6 Å². The van der Waals surface area contributed by atoms with E-state index in [4.69, 9.17) is 0 Å². The van der Waals surface area contributed by atoms with Crippen molar-refractivity contribution in [1.82, 2.24) is 5.32 Å². The van der Waals surface area contributed by atoms with Crippen LogP contribution < -0.4 is 5.32 Å². The minimum Gasteiger partial charge on any atom is -0.314 e. The highest BCUT2D eigenvalue weighted by molar-refractivity contribution is 5.31. The summed E-state index contributed by atoms with van der Waals surface area (Å²) in [7, 11) is 0. The first-order chi connectivity index (χ1) is 7.83. The number of aryl methyl sites for hydroxylation is 1. The van der Waals surface area contributed by atoms with E-state index in [9.17, 15) is 0 Å². The molecule has 1 aromatic carbocycles. The number of hydrogen-bond donors (Lipinski definition) is 1. The second-order valence-corrected chi connectivity index (χ2v) is 5.57. The lowest BCUT2D eigenvalue weighted by atomic mass is 9.74. The van der Waals surface area contributed by atoms with Crippen molar-refractivity contribution in [3.63, 3.8) is 0 Å². The largest absolute Gasteiger partial charge is 0.314 e. The fourth-order valence-electron chi connectivity index (χ4n) is 2.74. The number of hydrogen-bond acceptors (Lipinski definition) is 1. The summed E-state index contributed by atoms with van der Waals surface area (Å²) >= 11 is 0. The van der Waals surface area contributed by atoms with Crippen molar-refractivity contribution >= 4 is 0 Å². The first kappa shape index (κ1) is 10.3. The fourth-order valence-corrected chi connectivity index (χ4v) is 2.74. The van der Waals surface area contributed by atoms with E-state index in [-0.39, 0.29) is 0 Å². The lowest BCUT2D eigenvalue weighted by Gasteiger charge is -2.37. The summed E-state index contributed by atoms with van der Waals surface area (Å²) in [5.74, 6) is 1.83. The third-order valence-electron chi connectivity index (χ3n) is 4.16. The Balaban J connectivity index is 1.50. The molecule has 0 saturated heterocycles. The molecule has 0 aromatic heterocycles. The van der Waals surface area contributed by atoms with Crippen LogP contribution >= 0.6 is 0 Å². The highest BCUT2D eigenvalue weighted by atomic mass is 14.9. The van der Waals surface area contributed by atoms with Gasteiger partial charge in [-0.1, -0.05) is 24.3 Å². The molecule has 86 valence electrons. The van der Waals surface area contributed by atoms with Gasteiger partial charge in [0.25, 0.3) is 0 Å². The quantitative estimate of drug-likeness (QED) is 0.813. The Kier molecular flexibility index (Phi) is 2.72. The summed E-state index contributed by atoms with van der Waals surface area (Å²) in [6, 6.07) is 9.65. The van der Waals surface area contributed by atoms with E-state index in [1.165, 1.54) is 37.8 Å². The highest BCUT2D eigenvalue weighted by Gasteiger charge is 2.32. The number of nitrogens with one attached hydrogen (secondary N) is 1. The minimum absolute atomic E-state index is 0.796. The van der Waals surface area contributed by atoms with Gasteiger partial charge in [-0.3, -0.25) is 0 Å². The summed E-state index contributed by atoms with van der Waals surface area (Å²) in [6.07, 6.45) is 5.61. The Bertz CT molecular complexity index is 361. The maximum Gasteiger partial charge on any atom is 0.00788 e. The van der Waals surface area contributed by atoms with Gasteiger partial charge >= 0.3 is 0 Å². The van der Waals surface area contributed by atoms with Gasteiger partial charge in [-0.05, 0) is 62.1 Å². The standard InChI is InChI=1S/C15H21N/c1-11-4-2-3-5-15(11)13-8-14(9-13)16-10-12-6-7-12/h2-5,12-14,16H,6-10H2,1H3. The second-order valence-electron chi connectivity index (χ2n) is 5.57. The summed E-state index contributed by atoms with van der Waals surface area (Å²) < 4.78 is 0. The molecule has 0 spiro atoms. The Hall–Kier alpha value is -0.820. The number of benzene rings is 1. The molecule has 0 amide bonds. The molecule has 1 nitrogen and oxygen atoms in total. The molecule has 2 aliphatic carbocycles. The van der Waals surface area contributed by atoms with Gasteiger partial charge in [0, 0.05) is 6.04 Å². The first-order valence-electron chi connectivity index (χ1n) is 6.62. The van der Waals surface area contributed by atoms with Crippen LogP contribution in [0.1, 0.15) is 42.7 Å². The van der Waals surface area contributed by atoms with Crippen LogP contribution in [0.2, 0.25) is 0 Å². The zero-order chi connectivity index (χ0) is 11.0. The molecule has 2 aliphatic rings. The lowest BCUT2D eigenvalue weighted by Crippen LogP contribution is -2.41. The zero-order valence-corrected chi connectivity index (χ0v) is 10.1. The van der Waals surface area contributed by atoms with Crippen molar-refractivity contribution in [2.24, 2.45) is 5.92 Å². The normalized spacial score (nSPS) is 28.8. The summed E-state index contributed by atoms with van der Waals surface area (Å²) in [5.41, 5.74) is 3.04. The van der Waals surface area contributed by atoms with Gasteiger partial charge in [0.05, 0.1) is 0 Å². The van der Waals surface area contributed by atoms with Crippen molar-refractivity contribution in [3.8, 4) is 0 Å². The Labute approximate surface area is 98.3 Å². The molecule has 0 atom stereocenters. The third-order valence-corrected chi connectivity index (χ3v) is 4.16. The zero-order valence-electron chi connectivity index (χ0n) is 10.1. The smallest absolute Gasteiger partial charge is 0.00788 e. The van der Waals surface area contributed by atoms with E-state index in [0.29, 0.717) is 0 Å². The van der Waals surface area contributed by atoms with Crippen LogP contribution in [0.5, 0.6) is 0 Å². The van der Waals surface area contributed by atoms with Crippen LogP contribution in [0.3, 0.4) is 0 Å². The molecule has 0 aliphatic heterocycles. The van der Waals surface area contributed by atoms with Gasteiger partial charge in [0.15, 0.2) is 0 Å². The van der Waals surface area contributed by atoms with Crippen molar-refractivity contribution < 1.29 is 0 Å². The second kappa shape index (κ2) is 4.21. The van der Waals surface area contributed by atoms with E-state index >= 15 is 0 Å². The van der Waals surface area contributed by atoms with E-state index in [1.54, 1.807) is 5.56 Å². The topological polar surface area (TPSA) is 12.0 Å². The summed E-state index contributed by atoms with van der Waals surface area (Å²) in [6.45, 7) is 3.51. The van der Waals surface area contributed by atoms with Crippen LogP contribution in [0.4, 0.5) is 0 Å². The van der Waals surface area contributed by atoms with Crippen LogP contribution in [0.25, 0.3) is 0 Å². The molecular formula is C15H21N. The maximum atomic E-state index is 3.70. The van der Waals surface area contributed by atoms with Gasteiger partial charge in [-0.15, -0.1) is 0 Å². The molecule has 16 heavy (non-hydrogen) atoms. The predicted molar refractivity (Wildman–Crippen MR) is 67.7 cm³/mol. The fraction of sp³-hybridized carbons (Fsp3) is 0.600. The van der Waals surface area contributed by atoms with E-state index in [2.05, 4.69) is 36.5 Å². The monoisotopic (exact) mass is 215 g/mol. The Morgan fingerprint density at radius 3 is 2.62 bits per heavy atom. The molecule has 0 heterocycles. The molecule has 1 aromatic rings. The number of rotatable bonds is 4. The molecule has 2 saturated carbocycles. The molecule has 2 fully saturated rings. The Morgan fingerprint density at radius 1 is 1.19 bits per heavy atom. The van der Waals surface area contributed by atoms with Gasteiger partial charge in [0.2, 0.25) is 0 Å². The van der Waals surface area contributed by atoms with Crippen molar-refractivity contribution in [3.05, 3.63) is 35.4 Å². The van der Waals surface area contributed by atoms with Crippen molar-refractivity contribution in [1.29, 1.82) is 0 Å². The van der Waals surface area contributed by atoms with E-state index in [0.717, 1.165) is 17.9 Å². The van der Waals surface area contributed by atoms with Crippen LogP contribution in [-0.2, 0) is 0 Å². The molecule has 1 heteroatoms. The SMILES string of the molecule is Cc1ccccc1C1CC(NCC2CC2)C1. The van der Waals surface area contributed by atoms with Gasteiger partial charge in [0.1, 0.15) is 0 Å². The van der Waals surface area contributed by atoms with Crippen LogP contribution in [-0.4, -0.2) is 12.6 Å². The highest BCUT2D eigenvalue weighted by Crippen LogP contribution is 2.38. The molecule has 0 radical (unpaired) electrons. The minimum atomic E-state index is 0.796. The lowest BCUT2D eigenvalue weighted by molar-refractivity contribution is 0.288. The molecule has 1 N–H and O–H groups in total. The first-order valence-corrected chi connectivity index (χ1v) is 6.62. The van der Waals surface area contributed by atoms with E-state index < -0.39 is 0 Å². The molecule has 3 rings (SSSR count). The van der Waals surface area contributed by atoms with Gasteiger partial charge in [-0.25, -0.2) is 0 Å². The predicted octanol–water partition coefficient (Wildman–Crippen LogP) is 3.24. The van der Waals surface area contributed by atoms with Crippen LogP contribution in [0.15, 0.2) is 24.3 Å². The van der Waals surface area contributed by atoms with Gasteiger partial charge < -0.3 is 5.32 Å². The average Bonchev–Trinajstić information content (AvgIpc) is 3.02. The van der Waals surface area contributed by atoms with Crippen molar-refractivity contribution in [2.75, 3.05) is 6.54 Å². The Morgan fingerprint density at radius 2 is 1.94 bits per heavy atom. The summed E-state index contributed by atoms with van der Waals surface area (Å²) in [4.78, 5) is 0. The van der Waals surface area contributed by atoms with E-state index in [1.807, 2.05) is 0 Å². The van der Waals surface area contributed by atoms with Crippen LogP contribution in [0, 0.1) is 12.8 Å². The molecule has 0 unspecified atom stereocenters. The molecule has 0 bridgehead atoms. The van der Waals surface area contributed by atoms with Gasteiger partial charge in [-0.2, -0.15) is 0 Å². The maximum absolute atomic E-state index is 3.70. The summed E-state index contributed by atoms with van der Waals surface area (Å²) in [5, 5.41) is 3.70. The average molecular weight is 215 g/mol. The molecular weight excluding hydrogens is 194 g/mol. The third kappa shape index (κ3) is 2.15.